The van der Waals surface area contributed by atoms with Crippen LogP contribution in [0.2, 0.25) is 0 Å². The van der Waals surface area contributed by atoms with Crippen molar-refractivity contribution in [1.82, 2.24) is 19.5 Å². The Morgan fingerprint density at radius 2 is 1.93 bits per heavy atom. The number of H-pyrrole nitrogens is 1. The molecule has 9 heteroatoms. The van der Waals surface area contributed by atoms with Gasteiger partial charge < -0.3 is 24.5 Å². The Labute approximate surface area is 166 Å². The van der Waals surface area contributed by atoms with Crippen LogP contribution in [-0.2, 0) is 0 Å². The largest absolute Gasteiger partial charge is 0.497 e. The first kappa shape index (κ1) is 18.9. The maximum atomic E-state index is 12.4. The average molecular weight is 398 g/mol. The van der Waals surface area contributed by atoms with Crippen LogP contribution < -0.4 is 15.0 Å². The molecule has 0 aliphatic carbocycles. The van der Waals surface area contributed by atoms with Gasteiger partial charge in [0.1, 0.15) is 17.1 Å². The van der Waals surface area contributed by atoms with Gasteiger partial charge in [-0.05, 0) is 31.0 Å². The van der Waals surface area contributed by atoms with Crippen LogP contribution in [0.5, 0.6) is 11.5 Å². The van der Waals surface area contributed by atoms with Crippen LogP contribution in [0.1, 0.15) is 24.5 Å². The van der Waals surface area contributed by atoms with Crippen LogP contribution in [0.25, 0.3) is 16.8 Å². The zero-order chi connectivity index (χ0) is 20.5. The molecule has 3 heterocycles. The fourth-order valence-corrected chi connectivity index (χ4v) is 3.89. The Kier molecular flexibility index (Phi) is 4.87. The molecule has 152 valence electrons. The third-order valence-electron chi connectivity index (χ3n) is 5.41. The molecule has 29 heavy (non-hydrogen) atoms. The molecule has 1 aliphatic heterocycles. The minimum atomic E-state index is -0.911. The maximum absolute atomic E-state index is 12.4. The van der Waals surface area contributed by atoms with Gasteiger partial charge in [-0.25, -0.2) is 9.31 Å². The highest BCUT2D eigenvalue weighted by molar-refractivity contribution is 5.82. The molecule has 0 saturated carbocycles. The molecular formula is C20H22N4O5. The predicted octanol–water partition coefficient (Wildman–Crippen LogP) is 2.56. The van der Waals surface area contributed by atoms with Crippen LogP contribution >= 0.6 is 0 Å². The number of carboxylic acid groups (broad SMARTS) is 1. The molecule has 9 nitrogen and oxygen atoms in total. The minimum Gasteiger partial charge on any atom is -0.497 e. The van der Waals surface area contributed by atoms with Crippen molar-refractivity contribution < 1.29 is 19.4 Å². The van der Waals surface area contributed by atoms with Gasteiger partial charge in [-0.15, -0.1) is 0 Å². The Morgan fingerprint density at radius 1 is 1.17 bits per heavy atom. The van der Waals surface area contributed by atoms with Crippen molar-refractivity contribution in [3.05, 3.63) is 46.5 Å². The Bertz CT molecular complexity index is 1110. The second-order valence-corrected chi connectivity index (χ2v) is 6.99. The molecule has 1 amide bonds. The summed E-state index contributed by atoms with van der Waals surface area (Å²) in [6.45, 7) is 0.873. The standard InChI is InChI=1S/C20H22N4O5/c1-28-13-3-4-17(29-2)14(9-13)15-11-21-24-16(10-18(25)22-19(15)24)12-5-7-23(8-6-12)20(26)27/h3-4,9-12H,5-8H2,1-2H3,(H,22,25)(H,26,27). The number of carbonyl (C=O) groups is 1. The van der Waals surface area contributed by atoms with Crippen molar-refractivity contribution in [2.75, 3.05) is 27.3 Å². The van der Waals surface area contributed by atoms with Crippen molar-refractivity contribution in [2.24, 2.45) is 0 Å². The van der Waals surface area contributed by atoms with Gasteiger partial charge in [-0.3, -0.25) is 4.79 Å². The molecule has 3 aromatic rings. The van der Waals surface area contributed by atoms with Crippen molar-refractivity contribution in [3.63, 3.8) is 0 Å². The van der Waals surface area contributed by atoms with E-state index in [-0.39, 0.29) is 11.5 Å². The van der Waals surface area contributed by atoms with Gasteiger partial charge in [0.05, 0.1) is 26.1 Å². The Balaban J connectivity index is 1.79. The lowest BCUT2D eigenvalue weighted by molar-refractivity contribution is 0.131. The molecule has 0 radical (unpaired) electrons. The van der Waals surface area contributed by atoms with Crippen LogP contribution in [0.15, 0.2) is 35.3 Å². The summed E-state index contributed by atoms with van der Waals surface area (Å²) in [6, 6.07) is 7.00. The summed E-state index contributed by atoms with van der Waals surface area (Å²) in [5.41, 5.74) is 2.61. The number of methoxy groups -OCH3 is 2. The monoisotopic (exact) mass is 398 g/mol. The van der Waals surface area contributed by atoms with E-state index in [1.165, 1.54) is 4.90 Å². The van der Waals surface area contributed by atoms with Crippen molar-refractivity contribution >= 4 is 11.7 Å². The van der Waals surface area contributed by atoms with Crippen molar-refractivity contribution in [1.29, 1.82) is 0 Å². The van der Waals surface area contributed by atoms with E-state index in [9.17, 15) is 9.59 Å². The molecule has 0 spiro atoms. The summed E-state index contributed by atoms with van der Waals surface area (Å²) in [4.78, 5) is 27.9. The normalized spacial score (nSPS) is 14.9. The van der Waals surface area contributed by atoms with Crippen molar-refractivity contribution in [3.8, 4) is 22.6 Å². The number of likely N-dealkylation sites (tertiary alicyclic amines) is 1. The third kappa shape index (κ3) is 3.39. The van der Waals surface area contributed by atoms with Gasteiger partial charge in [-0.2, -0.15) is 5.10 Å². The van der Waals surface area contributed by atoms with Gasteiger partial charge >= 0.3 is 6.09 Å². The minimum absolute atomic E-state index is 0.0513. The summed E-state index contributed by atoms with van der Waals surface area (Å²) in [5, 5.41) is 13.7. The SMILES string of the molecule is COc1ccc(OC)c(-c2cnn3c(C4CCN(C(=O)O)CC4)cc(=O)[nH]c23)c1. The molecular weight excluding hydrogens is 376 g/mol. The number of rotatable bonds is 4. The van der Waals surface area contributed by atoms with Crippen LogP contribution in [-0.4, -0.2) is 58.0 Å². The average Bonchev–Trinajstić information content (AvgIpc) is 3.16. The molecule has 2 aromatic heterocycles. The highest BCUT2D eigenvalue weighted by Gasteiger charge is 2.26. The Hall–Kier alpha value is -3.49. The molecule has 4 rings (SSSR count). The van der Waals surface area contributed by atoms with Crippen LogP contribution in [0.3, 0.4) is 0 Å². The fraction of sp³-hybridized carbons (Fsp3) is 0.350. The third-order valence-corrected chi connectivity index (χ3v) is 5.41. The molecule has 0 unspecified atom stereocenters. The summed E-state index contributed by atoms with van der Waals surface area (Å²) in [6.07, 6.45) is 2.06. The van der Waals surface area contributed by atoms with Crippen LogP contribution in [0, 0.1) is 0 Å². The molecule has 0 atom stereocenters. The van der Waals surface area contributed by atoms with Gasteiger partial charge in [0.25, 0.3) is 5.56 Å². The summed E-state index contributed by atoms with van der Waals surface area (Å²) in [5.74, 6) is 1.36. The highest BCUT2D eigenvalue weighted by Crippen LogP contribution is 2.36. The van der Waals surface area contributed by atoms with Gasteiger partial charge in [0.2, 0.25) is 0 Å². The summed E-state index contributed by atoms with van der Waals surface area (Å²) < 4.78 is 12.5. The number of benzene rings is 1. The molecule has 1 fully saturated rings. The van der Waals surface area contributed by atoms with E-state index in [0.717, 1.165) is 16.8 Å². The second-order valence-electron chi connectivity index (χ2n) is 6.99. The highest BCUT2D eigenvalue weighted by atomic mass is 16.5. The lowest BCUT2D eigenvalue weighted by atomic mass is 9.93. The van der Waals surface area contributed by atoms with E-state index in [1.807, 2.05) is 6.07 Å². The van der Waals surface area contributed by atoms with E-state index < -0.39 is 6.09 Å². The number of piperidine rings is 1. The first-order valence-electron chi connectivity index (χ1n) is 9.33. The number of hydrogen-bond donors (Lipinski definition) is 2. The van der Waals surface area contributed by atoms with E-state index in [0.29, 0.717) is 43.1 Å². The number of aromatic nitrogens is 3. The zero-order valence-electron chi connectivity index (χ0n) is 16.2. The topological polar surface area (TPSA) is 109 Å². The number of hydrogen-bond acceptors (Lipinski definition) is 5. The first-order chi connectivity index (χ1) is 14.0. The smallest absolute Gasteiger partial charge is 0.407 e. The van der Waals surface area contributed by atoms with E-state index >= 15 is 0 Å². The number of aromatic amines is 1. The predicted molar refractivity (Wildman–Crippen MR) is 106 cm³/mol. The lowest BCUT2D eigenvalue weighted by Gasteiger charge is -2.30. The number of nitrogens with one attached hydrogen (secondary N) is 1. The van der Waals surface area contributed by atoms with E-state index in [1.54, 1.807) is 43.1 Å². The second kappa shape index (κ2) is 7.50. The number of fused-ring (bicyclic) bond motifs is 1. The van der Waals surface area contributed by atoms with E-state index in [2.05, 4.69) is 10.1 Å². The number of ether oxygens (including phenoxy) is 2. The quantitative estimate of drug-likeness (QED) is 0.699. The zero-order valence-corrected chi connectivity index (χ0v) is 16.2. The van der Waals surface area contributed by atoms with Crippen molar-refractivity contribution in [2.45, 2.75) is 18.8 Å². The molecule has 0 bridgehead atoms. The molecule has 1 aromatic carbocycles. The van der Waals surface area contributed by atoms with Crippen LogP contribution in [0.4, 0.5) is 4.79 Å². The fourth-order valence-electron chi connectivity index (χ4n) is 3.89. The number of nitrogens with zero attached hydrogens (tertiary/aromatic N) is 3. The van der Waals surface area contributed by atoms with E-state index in [4.69, 9.17) is 14.6 Å². The van der Waals surface area contributed by atoms with Gasteiger partial charge in [0, 0.05) is 36.2 Å². The molecule has 2 N–H and O–H groups in total. The summed E-state index contributed by atoms with van der Waals surface area (Å²) in [7, 11) is 3.17. The Morgan fingerprint density at radius 3 is 2.59 bits per heavy atom. The lowest BCUT2D eigenvalue weighted by Crippen LogP contribution is -2.37. The van der Waals surface area contributed by atoms with Gasteiger partial charge in [0.15, 0.2) is 0 Å². The molecule has 1 saturated heterocycles. The first-order valence-corrected chi connectivity index (χ1v) is 9.33. The maximum Gasteiger partial charge on any atom is 0.407 e. The van der Waals surface area contributed by atoms with Gasteiger partial charge in [-0.1, -0.05) is 0 Å². The number of amides is 1. The summed E-state index contributed by atoms with van der Waals surface area (Å²) >= 11 is 0. The molecule has 1 aliphatic rings.